The van der Waals surface area contributed by atoms with Gasteiger partial charge in [-0.25, -0.2) is 9.97 Å². The van der Waals surface area contributed by atoms with Crippen molar-refractivity contribution in [2.24, 2.45) is 0 Å². The van der Waals surface area contributed by atoms with E-state index in [-0.39, 0.29) is 17.2 Å². The van der Waals surface area contributed by atoms with Crippen LogP contribution in [-0.2, 0) is 4.79 Å². The van der Waals surface area contributed by atoms with Crippen LogP contribution in [0.3, 0.4) is 0 Å². The van der Waals surface area contributed by atoms with E-state index in [9.17, 15) is 9.59 Å². The zero-order chi connectivity index (χ0) is 16.4. The predicted molar refractivity (Wildman–Crippen MR) is 89.8 cm³/mol. The van der Waals surface area contributed by atoms with Gasteiger partial charge in [0.05, 0.1) is 12.1 Å². The van der Waals surface area contributed by atoms with Gasteiger partial charge in [-0.15, -0.1) is 0 Å². The van der Waals surface area contributed by atoms with Gasteiger partial charge >= 0.3 is 0 Å². The first kappa shape index (κ1) is 15.3. The third-order valence-corrected chi connectivity index (χ3v) is 4.28. The number of aryl methyl sites for hydroxylation is 2. The molecule has 2 aromatic heterocycles. The molecule has 0 saturated heterocycles. The van der Waals surface area contributed by atoms with Crippen molar-refractivity contribution < 1.29 is 4.79 Å². The number of fused-ring (bicyclic) bond motifs is 1. The Balaban J connectivity index is 1.65. The van der Waals surface area contributed by atoms with Crippen molar-refractivity contribution in [3.8, 4) is 0 Å². The smallest absolute Gasteiger partial charge is 0.277 e. The summed E-state index contributed by atoms with van der Waals surface area (Å²) in [7, 11) is 0. The zero-order valence-corrected chi connectivity index (χ0v) is 13.5. The Bertz CT molecular complexity index is 931. The molecular formula is C15H15N5O2S. The maximum atomic E-state index is 12.0. The largest absolute Gasteiger partial charge is 0.339 e. The number of anilines is 1. The number of thioether (sulfide) groups is 1. The third kappa shape index (κ3) is 3.42. The van der Waals surface area contributed by atoms with Gasteiger partial charge in [-0.1, -0.05) is 17.8 Å². The predicted octanol–water partition coefficient (Wildman–Crippen LogP) is 1.99. The number of hydrogen-bond donors (Lipinski definition) is 3. The molecule has 23 heavy (non-hydrogen) atoms. The molecule has 0 saturated carbocycles. The van der Waals surface area contributed by atoms with E-state index in [2.05, 4.69) is 25.3 Å². The van der Waals surface area contributed by atoms with Crippen LogP contribution < -0.4 is 10.9 Å². The van der Waals surface area contributed by atoms with E-state index in [4.69, 9.17) is 0 Å². The monoisotopic (exact) mass is 329 g/mol. The molecule has 0 spiro atoms. The highest BCUT2D eigenvalue weighted by Gasteiger charge is 2.09. The summed E-state index contributed by atoms with van der Waals surface area (Å²) in [6.07, 6.45) is 1.41. The van der Waals surface area contributed by atoms with E-state index in [1.54, 1.807) is 0 Å². The normalized spacial score (nSPS) is 10.9. The van der Waals surface area contributed by atoms with Gasteiger partial charge in [0.2, 0.25) is 5.91 Å². The van der Waals surface area contributed by atoms with E-state index in [1.807, 2.05) is 32.0 Å². The standard InChI is InChI=1S/C15H15N5O2S/c1-8-3-4-10(5-9(8)2)18-11(21)6-23-15-19-13-12(14(22)20-15)16-7-17-13/h3-5,7H,6H2,1-2H3,(H,18,21)(H2,16,17,19,20,22). The second kappa shape index (κ2) is 6.25. The van der Waals surface area contributed by atoms with Crippen LogP contribution in [-0.4, -0.2) is 31.6 Å². The summed E-state index contributed by atoms with van der Waals surface area (Å²) in [5.41, 5.74) is 3.41. The van der Waals surface area contributed by atoms with Gasteiger partial charge < -0.3 is 10.3 Å². The maximum absolute atomic E-state index is 12.0. The number of imidazole rings is 1. The lowest BCUT2D eigenvalue weighted by atomic mass is 10.1. The van der Waals surface area contributed by atoms with Crippen molar-refractivity contribution in [2.45, 2.75) is 19.0 Å². The van der Waals surface area contributed by atoms with Crippen molar-refractivity contribution in [1.29, 1.82) is 0 Å². The van der Waals surface area contributed by atoms with E-state index in [0.717, 1.165) is 23.0 Å². The van der Waals surface area contributed by atoms with Crippen molar-refractivity contribution in [3.63, 3.8) is 0 Å². The van der Waals surface area contributed by atoms with Crippen molar-refractivity contribution in [2.75, 3.05) is 11.1 Å². The highest BCUT2D eigenvalue weighted by atomic mass is 32.2. The Morgan fingerprint density at radius 2 is 2.13 bits per heavy atom. The van der Waals surface area contributed by atoms with Crippen LogP contribution in [0.15, 0.2) is 34.5 Å². The van der Waals surface area contributed by atoms with Gasteiger partial charge in [0.1, 0.15) is 0 Å². The van der Waals surface area contributed by atoms with Crippen LogP contribution in [0, 0.1) is 13.8 Å². The van der Waals surface area contributed by atoms with E-state index in [0.29, 0.717) is 16.3 Å². The number of benzene rings is 1. The first-order valence-electron chi connectivity index (χ1n) is 6.96. The topological polar surface area (TPSA) is 104 Å². The maximum Gasteiger partial charge on any atom is 0.277 e. The number of aromatic amines is 2. The van der Waals surface area contributed by atoms with E-state index in [1.165, 1.54) is 11.9 Å². The summed E-state index contributed by atoms with van der Waals surface area (Å²) in [5, 5.41) is 3.19. The molecule has 2 heterocycles. The SMILES string of the molecule is Cc1ccc(NC(=O)CSc2nc3nc[nH]c3c(=O)[nH]2)cc1C. The fourth-order valence-electron chi connectivity index (χ4n) is 2.04. The summed E-state index contributed by atoms with van der Waals surface area (Å²) >= 11 is 1.15. The minimum absolute atomic E-state index is 0.145. The van der Waals surface area contributed by atoms with Crippen molar-refractivity contribution >= 4 is 34.5 Å². The van der Waals surface area contributed by atoms with Gasteiger partial charge in [0.15, 0.2) is 16.3 Å². The van der Waals surface area contributed by atoms with E-state index < -0.39 is 0 Å². The van der Waals surface area contributed by atoms with Crippen LogP contribution in [0.4, 0.5) is 5.69 Å². The van der Waals surface area contributed by atoms with Gasteiger partial charge in [0, 0.05) is 5.69 Å². The minimum Gasteiger partial charge on any atom is -0.339 e. The van der Waals surface area contributed by atoms with Crippen molar-refractivity contribution in [1.82, 2.24) is 19.9 Å². The second-order valence-corrected chi connectivity index (χ2v) is 6.07. The molecule has 0 atom stereocenters. The molecule has 0 bridgehead atoms. The molecule has 1 aromatic carbocycles. The number of hydrogen-bond acceptors (Lipinski definition) is 5. The molecule has 0 aliphatic rings. The van der Waals surface area contributed by atoms with Crippen LogP contribution in [0.2, 0.25) is 0 Å². The number of carbonyl (C=O) groups is 1. The minimum atomic E-state index is -0.301. The number of H-pyrrole nitrogens is 2. The summed E-state index contributed by atoms with van der Waals surface area (Å²) < 4.78 is 0. The summed E-state index contributed by atoms with van der Waals surface area (Å²) in [4.78, 5) is 37.3. The Morgan fingerprint density at radius 3 is 2.91 bits per heavy atom. The average Bonchev–Trinajstić information content (AvgIpc) is 2.98. The number of rotatable bonds is 4. The number of nitrogens with one attached hydrogen (secondary N) is 3. The number of amides is 1. The molecule has 8 heteroatoms. The Hall–Kier alpha value is -2.61. The van der Waals surface area contributed by atoms with Gasteiger partial charge in [-0.05, 0) is 37.1 Å². The van der Waals surface area contributed by atoms with Gasteiger partial charge in [-0.2, -0.15) is 0 Å². The summed E-state index contributed by atoms with van der Waals surface area (Å²) in [6, 6.07) is 5.75. The van der Waals surface area contributed by atoms with Crippen LogP contribution in [0.25, 0.3) is 11.2 Å². The molecule has 0 radical (unpaired) electrons. The van der Waals surface area contributed by atoms with Crippen molar-refractivity contribution in [3.05, 3.63) is 46.0 Å². The highest BCUT2D eigenvalue weighted by Crippen LogP contribution is 2.16. The first-order chi connectivity index (χ1) is 11.0. The van der Waals surface area contributed by atoms with Crippen LogP contribution >= 0.6 is 11.8 Å². The molecule has 7 nitrogen and oxygen atoms in total. The molecule has 118 valence electrons. The fourth-order valence-corrected chi connectivity index (χ4v) is 2.70. The zero-order valence-electron chi connectivity index (χ0n) is 12.6. The summed E-state index contributed by atoms with van der Waals surface area (Å²) in [5.74, 6) is -0.0192. The van der Waals surface area contributed by atoms with Gasteiger partial charge in [0.25, 0.3) is 5.56 Å². The Labute approximate surface area is 135 Å². The molecule has 0 aliphatic heterocycles. The van der Waals surface area contributed by atoms with Crippen LogP contribution in [0.5, 0.6) is 0 Å². The lowest BCUT2D eigenvalue weighted by Crippen LogP contribution is -2.15. The molecule has 3 aromatic rings. The summed E-state index contributed by atoms with van der Waals surface area (Å²) in [6.45, 7) is 4.01. The molecule has 1 amide bonds. The fraction of sp³-hybridized carbons (Fsp3) is 0.200. The van der Waals surface area contributed by atoms with E-state index >= 15 is 0 Å². The quantitative estimate of drug-likeness (QED) is 0.502. The third-order valence-electron chi connectivity index (χ3n) is 3.40. The average molecular weight is 329 g/mol. The number of aromatic nitrogens is 4. The second-order valence-electron chi connectivity index (χ2n) is 5.11. The first-order valence-corrected chi connectivity index (χ1v) is 7.95. The van der Waals surface area contributed by atoms with Gasteiger partial charge in [-0.3, -0.25) is 14.6 Å². The molecule has 0 unspecified atom stereocenters. The Kier molecular flexibility index (Phi) is 4.16. The van der Waals surface area contributed by atoms with Crippen LogP contribution in [0.1, 0.15) is 11.1 Å². The number of carbonyl (C=O) groups excluding carboxylic acids is 1. The molecule has 3 rings (SSSR count). The lowest BCUT2D eigenvalue weighted by Gasteiger charge is -2.07. The molecule has 0 aliphatic carbocycles. The molecule has 3 N–H and O–H groups in total. The lowest BCUT2D eigenvalue weighted by molar-refractivity contribution is -0.113. The molecule has 0 fully saturated rings. The number of nitrogens with zero attached hydrogens (tertiary/aromatic N) is 2. The molecular weight excluding hydrogens is 314 g/mol. The Morgan fingerprint density at radius 1 is 1.30 bits per heavy atom. The highest BCUT2D eigenvalue weighted by molar-refractivity contribution is 7.99.